The number of nitrogens with one attached hydrogen (secondary N) is 1. The molecule has 0 bridgehead atoms. The van der Waals surface area contributed by atoms with E-state index in [0.29, 0.717) is 6.42 Å². The Kier molecular flexibility index (Phi) is 4.11. The highest BCUT2D eigenvalue weighted by molar-refractivity contribution is 5.67. The fourth-order valence-corrected chi connectivity index (χ4v) is 3.45. The molecule has 1 atom stereocenters. The molecular weight excluding hydrogens is 302 g/mol. The van der Waals surface area contributed by atoms with Crippen molar-refractivity contribution in [3.8, 4) is 5.75 Å². The van der Waals surface area contributed by atoms with E-state index in [1.165, 1.54) is 29.5 Å². The average molecular weight is 323 g/mol. The number of aryl methyl sites for hydroxylation is 2. The van der Waals surface area contributed by atoms with Gasteiger partial charge >= 0.3 is 6.09 Å². The predicted octanol–water partition coefficient (Wildman–Crippen LogP) is 3.75. The van der Waals surface area contributed by atoms with Crippen molar-refractivity contribution in [2.75, 3.05) is 0 Å². The van der Waals surface area contributed by atoms with Crippen LogP contribution in [0.1, 0.15) is 35.1 Å². The highest BCUT2D eigenvalue weighted by Crippen LogP contribution is 2.34. The normalized spacial score (nSPS) is 18.2. The van der Waals surface area contributed by atoms with Crippen molar-refractivity contribution in [1.29, 1.82) is 0 Å². The summed E-state index contributed by atoms with van der Waals surface area (Å²) in [7, 11) is 0. The molecule has 124 valence electrons. The smallest absolute Gasteiger partial charge is 0.410 e. The highest BCUT2D eigenvalue weighted by Gasteiger charge is 2.26. The Morgan fingerprint density at radius 1 is 1.08 bits per heavy atom. The molecular formula is C20H21NO3. The number of hydrogen-bond donors (Lipinski definition) is 1. The summed E-state index contributed by atoms with van der Waals surface area (Å²) < 4.78 is 11.1. The van der Waals surface area contributed by atoms with Gasteiger partial charge in [-0.05, 0) is 48.4 Å². The maximum atomic E-state index is 12.0. The molecule has 0 radical (unpaired) electrons. The van der Waals surface area contributed by atoms with Gasteiger partial charge in [0.05, 0.1) is 0 Å². The van der Waals surface area contributed by atoms with Gasteiger partial charge in [0.2, 0.25) is 0 Å². The second kappa shape index (κ2) is 6.56. The van der Waals surface area contributed by atoms with Crippen LogP contribution in [0.3, 0.4) is 0 Å². The van der Waals surface area contributed by atoms with Gasteiger partial charge in [0.15, 0.2) is 6.23 Å². The zero-order chi connectivity index (χ0) is 16.4. The molecule has 1 amide bonds. The van der Waals surface area contributed by atoms with Crippen molar-refractivity contribution in [2.45, 2.75) is 44.9 Å². The lowest BCUT2D eigenvalue weighted by Crippen LogP contribution is -2.38. The zero-order valence-electron chi connectivity index (χ0n) is 13.6. The number of hydrogen-bond acceptors (Lipinski definition) is 3. The molecule has 2 aromatic rings. The minimum Gasteiger partial charge on any atom is -0.470 e. The molecule has 0 saturated heterocycles. The highest BCUT2D eigenvalue weighted by atomic mass is 16.6. The fraction of sp³-hybridized carbons (Fsp3) is 0.350. The van der Waals surface area contributed by atoms with Crippen LogP contribution in [0.5, 0.6) is 5.75 Å². The Bertz CT molecular complexity index is 707. The van der Waals surface area contributed by atoms with E-state index in [0.717, 1.165) is 24.2 Å². The number of carbonyl (C=O) groups is 1. The van der Waals surface area contributed by atoms with Gasteiger partial charge in [-0.2, -0.15) is 0 Å². The number of alkyl carbamates (subject to hydrolysis) is 1. The first-order chi connectivity index (χ1) is 11.8. The maximum Gasteiger partial charge on any atom is 0.410 e. The molecule has 24 heavy (non-hydrogen) atoms. The summed E-state index contributed by atoms with van der Waals surface area (Å²) in [6, 6.07) is 14.1. The first-order valence-corrected chi connectivity index (χ1v) is 8.56. The van der Waals surface area contributed by atoms with E-state index in [-0.39, 0.29) is 12.8 Å². The number of benzene rings is 2. The third kappa shape index (κ3) is 3.23. The third-order valence-corrected chi connectivity index (χ3v) is 4.69. The second-order valence-electron chi connectivity index (χ2n) is 6.45. The van der Waals surface area contributed by atoms with Crippen LogP contribution >= 0.6 is 0 Å². The van der Waals surface area contributed by atoms with Gasteiger partial charge in [-0.3, -0.25) is 5.32 Å². The molecule has 4 rings (SSSR count). The van der Waals surface area contributed by atoms with Crippen LogP contribution in [0.25, 0.3) is 0 Å². The van der Waals surface area contributed by atoms with Crippen LogP contribution in [0.15, 0.2) is 42.5 Å². The molecule has 2 aliphatic rings. The summed E-state index contributed by atoms with van der Waals surface area (Å²) in [4.78, 5) is 12.0. The molecule has 1 aliphatic carbocycles. The van der Waals surface area contributed by atoms with Crippen LogP contribution in [-0.4, -0.2) is 12.3 Å². The monoisotopic (exact) mass is 323 g/mol. The van der Waals surface area contributed by atoms with Crippen molar-refractivity contribution < 1.29 is 14.3 Å². The topological polar surface area (TPSA) is 47.6 Å². The van der Waals surface area contributed by atoms with Crippen LogP contribution in [0.4, 0.5) is 4.79 Å². The lowest BCUT2D eigenvalue weighted by atomic mass is 9.90. The van der Waals surface area contributed by atoms with Crippen molar-refractivity contribution in [2.24, 2.45) is 0 Å². The maximum absolute atomic E-state index is 12.0. The van der Waals surface area contributed by atoms with E-state index in [4.69, 9.17) is 9.47 Å². The van der Waals surface area contributed by atoms with Crippen LogP contribution in [0, 0.1) is 0 Å². The van der Waals surface area contributed by atoms with E-state index in [9.17, 15) is 4.79 Å². The predicted molar refractivity (Wildman–Crippen MR) is 91.0 cm³/mol. The number of fused-ring (bicyclic) bond motifs is 2. The van der Waals surface area contributed by atoms with Crippen molar-refractivity contribution in [3.05, 3.63) is 64.7 Å². The van der Waals surface area contributed by atoms with Gasteiger partial charge in [0, 0.05) is 12.0 Å². The largest absolute Gasteiger partial charge is 0.470 e. The summed E-state index contributed by atoms with van der Waals surface area (Å²) >= 11 is 0. The fourth-order valence-electron chi connectivity index (χ4n) is 3.45. The summed E-state index contributed by atoms with van der Waals surface area (Å²) in [6.07, 6.45) is 4.71. The molecule has 0 saturated carbocycles. The Hall–Kier alpha value is -2.49. The first-order valence-electron chi connectivity index (χ1n) is 8.56. The lowest BCUT2D eigenvalue weighted by Gasteiger charge is -2.16. The van der Waals surface area contributed by atoms with E-state index >= 15 is 0 Å². The van der Waals surface area contributed by atoms with Crippen LogP contribution < -0.4 is 10.1 Å². The molecule has 1 heterocycles. The zero-order valence-corrected chi connectivity index (χ0v) is 13.6. The van der Waals surface area contributed by atoms with Crippen molar-refractivity contribution >= 4 is 6.09 Å². The first kappa shape index (κ1) is 15.1. The Balaban J connectivity index is 1.34. The van der Waals surface area contributed by atoms with Gasteiger partial charge in [0.25, 0.3) is 0 Å². The molecule has 0 spiro atoms. The molecule has 0 aromatic heterocycles. The van der Waals surface area contributed by atoms with Crippen LogP contribution in [-0.2, 0) is 30.6 Å². The Labute approximate surface area is 141 Å². The van der Waals surface area contributed by atoms with E-state index in [1.807, 2.05) is 30.3 Å². The summed E-state index contributed by atoms with van der Waals surface area (Å²) in [5, 5.41) is 2.80. The molecule has 0 fully saturated rings. The number of ether oxygens (including phenoxy) is 2. The SMILES string of the molecule is O=C(NC1Cc2cc3c(cc2O1)CCCC3)OCc1ccccc1. The number of carbonyl (C=O) groups excluding carboxylic acids is 1. The summed E-state index contributed by atoms with van der Waals surface area (Å²) in [5.74, 6) is 0.906. The van der Waals surface area contributed by atoms with Crippen molar-refractivity contribution in [3.63, 3.8) is 0 Å². The molecule has 1 aliphatic heterocycles. The third-order valence-electron chi connectivity index (χ3n) is 4.69. The van der Waals surface area contributed by atoms with Gasteiger partial charge in [0.1, 0.15) is 12.4 Å². The number of rotatable bonds is 3. The van der Waals surface area contributed by atoms with Gasteiger partial charge in [-0.1, -0.05) is 36.4 Å². The second-order valence-corrected chi connectivity index (χ2v) is 6.45. The molecule has 4 nitrogen and oxygen atoms in total. The average Bonchev–Trinajstić information content (AvgIpc) is 2.99. The van der Waals surface area contributed by atoms with Gasteiger partial charge < -0.3 is 9.47 Å². The van der Waals surface area contributed by atoms with Gasteiger partial charge in [-0.15, -0.1) is 0 Å². The molecule has 2 aromatic carbocycles. The van der Waals surface area contributed by atoms with E-state index < -0.39 is 6.09 Å². The molecule has 4 heteroatoms. The summed E-state index contributed by atoms with van der Waals surface area (Å²) in [6.45, 7) is 0.265. The molecule has 1 unspecified atom stereocenters. The van der Waals surface area contributed by atoms with Gasteiger partial charge in [-0.25, -0.2) is 4.79 Å². The standard InChI is InChI=1S/C20H21NO3/c22-20(23-13-14-6-2-1-3-7-14)21-19-12-17-10-15-8-4-5-9-16(15)11-18(17)24-19/h1-3,6-7,10-11,19H,4-5,8-9,12-13H2,(H,21,22). The minimum absolute atomic E-state index is 0.265. The van der Waals surface area contributed by atoms with E-state index in [1.54, 1.807) is 0 Å². The minimum atomic E-state index is -0.443. The van der Waals surface area contributed by atoms with E-state index in [2.05, 4.69) is 17.4 Å². The Morgan fingerprint density at radius 3 is 2.62 bits per heavy atom. The molecule has 1 N–H and O–H groups in total. The summed E-state index contributed by atoms with van der Waals surface area (Å²) in [5.41, 5.74) is 4.99. The lowest BCUT2D eigenvalue weighted by molar-refractivity contribution is 0.113. The Morgan fingerprint density at radius 2 is 1.83 bits per heavy atom. The number of amides is 1. The van der Waals surface area contributed by atoms with Crippen LogP contribution in [0.2, 0.25) is 0 Å². The quantitative estimate of drug-likeness (QED) is 0.936. The van der Waals surface area contributed by atoms with Crippen molar-refractivity contribution in [1.82, 2.24) is 5.32 Å².